The van der Waals surface area contributed by atoms with Crippen LogP contribution >= 0.6 is 0 Å². The molecule has 1 aromatic carbocycles. The number of hydrogen-bond acceptors (Lipinski definition) is 2. The maximum Gasteiger partial charge on any atom is 0.245 e. The summed E-state index contributed by atoms with van der Waals surface area (Å²) in [5.74, 6) is 0.0542. The van der Waals surface area contributed by atoms with Crippen LogP contribution in [0.1, 0.15) is 45.6 Å². The van der Waals surface area contributed by atoms with E-state index in [9.17, 15) is 9.59 Å². The summed E-state index contributed by atoms with van der Waals surface area (Å²) in [5, 5.41) is 3.03. The van der Waals surface area contributed by atoms with Crippen molar-refractivity contribution in [3.05, 3.63) is 35.9 Å². The van der Waals surface area contributed by atoms with Crippen LogP contribution in [0.15, 0.2) is 30.3 Å². The van der Waals surface area contributed by atoms with Crippen LogP contribution in [0.2, 0.25) is 0 Å². The number of nitrogens with one attached hydrogen (secondary N) is 1. The topological polar surface area (TPSA) is 49.4 Å². The van der Waals surface area contributed by atoms with Crippen LogP contribution in [-0.4, -0.2) is 34.8 Å². The Bertz CT molecular complexity index is 529. The highest BCUT2D eigenvalue weighted by atomic mass is 16.2. The molecule has 2 amide bonds. The van der Waals surface area contributed by atoms with E-state index in [1.165, 1.54) is 5.56 Å². The molecule has 0 radical (unpaired) electrons. The predicted octanol–water partition coefficient (Wildman–Crippen LogP) is 2.52. The van der Waals surface area contributed by atoms with Gasteiger partial charge in [-0.1, -0.05) is 37.3 Å². The minimum Gasteiger partial charge on any atom is -0.352 e. The lowest BCUT2D eigenvalue weighted by atomic mass is 9.96. The number of rotatable bonds is 6. The Labute approximate surface area is 132 Å². The van der Waals surface area contributed by atoms with Gasteiger partial charge in [0.1, 0.15) is 5.54 Å². The summed E-state index contributed by atoms with van der Waals surface area (Å²) < 4.78 is 0. The van der Waals surface area contributed by atoms with Crippen LogP contribution < -0.4 is 5.32 Å². The normalized spacial score (nSPS) is 22.7. The zero-order valence-electron chi connectivity index (χ0n) is 13.8. The molecule has 0 spiro atoms. The summed E-state index contributed by atoms with van der Waals surface area (Å²) in [6, 6.07) is 10.2. The minimum atomic E-state index is -0.713. The molecule has 0 bridgehead atoms. The number of amides is 2. The second kappa shape index (κ2) is 6.95. The fraction of sp³-hybridized carbons (Fsp3) is 0.556. The average Bonchev–Trinajstić information content (AvgIpc) is 2.82. The van der Waals surface area contributed by atoms with Crippen molar-refractivity contribution in [3.8, 4) is 0 Å². The number of hydrogen-bond donors (Lipinski definition) is 1. The average molecular weight is 302 g/mol. The van der Waals surface area contributed by atoms with Gasteiger partial charge in [-0.25, -0.2) is 0 Å². The van der Waals surface area contributed by atoms with Gasteiger partial charge in [-0.2, -0.15) is 0 Å². The monoisotopic (exact) mass is 302 g/mol. The quantitative estimate of drug-likeness (QED) is 0.878. The third-order valence-corrected chi connectivity index (χ3v) is 4.67. The molecule has 4 nitrogen and oxygen atoms in total. The summed E-state index contributed by atoms with van der Waals surface area (Å²) in [6.45, 7) is 6.51. The van der Waals surface area contributed by atoms with Crippen molar-refractivity contribution in [2.45, 2.75) is 58.0 Å². The molecule has 2 rings (SSSR count). The third kappa shape index (κ3) is 3.49. The third-order valence-electron chi connectivity index (χ3n) is 4.67. The number of carbonyl (C=O) groups is 2. The maximum absolute atomic E-state index is 12.6. The highest BCUT2D eigenvalue weighted by Crippen LogP contribution is 2.30. The Morgan fingerprint density at radius 1 is 1.36 bits per heavy atom. The molecular formula is C18H26N2O2. The van der Waals surface area contributed by atoms with E-state index in [1.54, 1.807) is 4.90 Å². The largest absolute Gasteiger partial charge is 0.352 e. The van der Waals surface area contributed by atoms with E-state index in [4.69, 9.17) is 0 Å². The highest BCUT2D eigenvalue weighted by Gasteiger charge is 2.47. The van der Waals surface area contributed by atoms with Crippen molar-refractivity contribution in [2.24, 2.45) is 0 Å². The maximum atomic E-state index is 12.6. The van der Waals surface area contributed by atoms with Gasteiger partial charge >= 0.3 is 0 Å². The van der Waals surface area contributed by atoms with Gasteiger partial charge < -0.3 is 10.2 Å². The molecule has 1 heterocycles. The summed E-state index contributed by atoms with van der Waals surface area (Å²) in [6.07, 6.45) is 2.72. The highest BCUT2D eigenvalue weighted by molar-refractivity contribution is 5.94. The Balaban J connectivity index is 2.06. The van der Waals surface area contributed by atoms with E-state index in [-0.39, 0.29) is 17.9 Å². The zero-order valence-corrected chi connectivity index (χ0v) is 13.8. The van der Waals surface area contributed by atoms with E-state index >= 15 is 0 Å². The van der Waals surface area contributed by atoms with Crippen molar-refractivity contribution in [1.82, 2.24) is 10.2 Å². The molecule has 0 aliphatic carbocycles. The van der Waals surface area contributed by atoms with Crippen LogP contribution in [0.25, 0.3) is 0 Å². The summed E-state index contributed by atoms with van der Waals surface area (Å²) >= 11 is 0. The zero-order chi connectivity index (χ0) is 16.2. The van der Waals surface area contributed by atoms with E-state index in [1.807, 2.05) is 39.0 Å². The van der Waals surface area contributed by atoms with E-state index in [0.717, 1.165) is 12.8 Å². The number of carbonyl (C=O) groups excluding carboxylic acids is 2. The lowest BCUT2D eigenvalue weighted by Gasteiger charge is -2.35. The molecule has 1 aliphatic heterocycles. The molecule has 1 N–H and O–H groups in total. The first-order chi connectivity index (χ1) is 10.5. The van der Waals surface area contributed by atoms with Crippen LogP contribution in [-0.2, 0) is 16.0 Å². The van der Waals surface area contributed by atoms with Crippen LogP contribution in [0.4, 0.5) is 0 Å². The molecule has 1 aliphatic rings. The second-order valence-corrected chi connectivity index (χ2v) is 6.34. The molecule has 1 aromatic rings. The number of likely N-dealkylation sites (tertiary alicyclic amines) is 1. The second-order valence-electron chi connectivity index (χ2n) is 6.34. The summed E-state index contributed by atoms with van der Waals surface area (Å²) in [4.78, 5) is 26.6. The number of benzene rings is 1. The molecular weight excluding hydrogens is 276 g/mol. The van der Waals surface area contributed by atoms with Crippen LogP contribution in [0.5, 0.6) is 0 Å². The van der Waals surface area contributed by atoms with E-state index < -0.39 is 5.54 Å². The Morgan fingerprint density at radius 3 is 2.68 bits per heavy atom. The predicted molar refractivity (Wildman–Crippen MR) is 87.4 cm³/mol. The number of nitrogens with zero attached hydrogens (tertiary/aromatic N) is 1. The summed E-state index contributed by atoms with van der Waals surface area (Å²) in [7, 11) is 0. The van der Waals surface area contributed by atoms with Crippen molar-refractivity contribution < 1.29 is 9.59 Å². The lowest BCUT2D eigenvalue weighted by Crippen LogP contribution is -2.56. The standard InChI is InChI=1S/C18H26N2O2/c1-4-14(2)19-17(22)18(3)12-10-16(21)20(18)13-11-15-8-6-5-7-9-15/h5-9,14H,4,10-13H2,1-3H3,(H,19,22). The van der Waals surface area contributed by atoms with Gasteiger partial charge in [-0.3, -0.25) is 9.59 Å². The van der Waals surface area contributed by atoms with Crippen LogP contribution in [0.3, 0.4) is 0 Å². The van der Waals surface area contributed by atoms with Gasteiger partial charge in [-0.15, -0.1) is 0 Å². The Morgan fingerprint density at radius 2 is 2.05 bits per heavy atom. The van der Waals surface area contributed by atoms with Gasteiger partial charge in [-0.05, 0) is 38.7 Å². The first-order valence-corrected chi connectivity index (χ1v) is 8.12. The molecule has 2 unspecified atom stereocenters. The van der Waals surface area contributed by atoms with E-state index in [0.29, 0.717) is 19.4 Å². The van der Waals surface area contributed by atoms with Gasteiger partial charge in [0, 0.05) is 19.0 Å². The smallest absolute Gasteiger partial charge is 0.245 e. The minimum absolute atomic E-state index is 0.0271. The van der Waals surface area contributed by atoms with Gasteiger partial charge in [0.25, 0.3) is 0 Å². The fourth-order valence-corrected chi connectivity index (χ4v) is 2.87. The molecule has 22 heavy (non-hydrogen) atoms. The van der Waals surface area contributed by atoms with E-state index in [2.05, 4.69) is 17.4 Å². The van der Waals surface area contributed by atoms with Gasteiger partial charge in [0.15, 0.2) is 0 Å². The Hall–Kier alpha value is -1.84. The molecule has 120 valence electrons. The first-order valence-electron chi connectivity index (χ1n) is 8.12. The van der Waals surface area contributed by atoms with Crippen molar-refractivity contribution >= 4 is 11.8 Å². The van der Waals surface area contributed by atoms with Crippen LogP contribution in [0, 0.1) is 0 Å². The van der Waals surface area contributed by atoms with Gasteiger partial charge in [0.2, 0.25) is 11.8 Å². The molecule has 1 fully saturated rings. The van der Waals surface area contributed by atoms with Crippen molar-refractivity contribution in [2.75, 3.05) is 6.54 Å². The first kappa shape index (κ1) is 16.5. The SMILES string of the molecule is CCC(C)NC(=O)C1(C)CCC(=O)N1CCc1ccccc1. The molecule has 0 saturated carbocycles. The molecule has 2 atom stereocenters. The molecule has 1 saturated heterocycles. The van der Waals surface area contributed by atoms with Crippen molar-refractivity contribution in [1.29, 1.82) is 0 Å². The summed E-state index contributed by atoms with van der Waals surface area (Å²) in [5.41, 5.74) is 0.474. The van der Waals surface area contributed by atoms with Crippen molar-refractivity contribution in [3.63, 3.8) is 0 Å². The van der Waals surface area contributed by atoms with Gasteiger partial charge in [0.05, 0.1) is 0 Å². The lowest BCUT2D eigenvalue weighted by molar-refractivity contribution is -0.140. The Kier molecular flexibility index (Phi) is 5.22. The molecule has 0 aromatic heterocycles. The fourth-order valence-electron chi connectivity index (χ4n) is 2.87. The molecule has 4 heteroatoms.